The number of aromatic amines is 1. The summed E-state index contributed by atoms with van der Waals surface area (Å²) in [5.74, 6) is -0.113. The number of carbonyl (C=O) groups is 1. The van der Waals surface area contributed by atoms with Gasteiger partial charge in [-0.2, -0.15) is 15.4 Å². The Morgan fingerprint density at radius 2 is 2.22 bits per heavy atom. The van der Waals surface area contributed by atoms with E-state index in [4.69, 9.17) is 4.74 Å². The van der Waals surface area contributed by atoms with Crippen molar-refractivity contribution in [2.75, 3.05) is 26.3 Å². The van der Waals surface area contributed by atoms with E-state index in [-0.39, 0.29) is 19.1 Å². The molecule has 23 heavy (non-hydrogen) atoms. The number of likely N-dealkylation sites (tertiary alicyclic amines) is 1. The third-order valence-corrected chi connectivity index (χ3v) is 4.10. The molecule has 1 aliphatic heterocycles. The van der Waals surface area contributed by atoms with Gasteiger partial charge in [0.1, 0.15) is 17.9 Å². The second-order valence-corrected chi connectivity index (χ2v) is 5.74. The summed E-state index contributed by atoms with van der Waals surface area (Å²) in [5, 5.41) is 20.6. The number of β-amino-alcohol motifs (C(OH)–C–C–N with tert-alkyl or cyclic N) is 1. The normalized spacial score (nSPS) is 20.8. The Kier molecular flexibility index (Phi) is 4.68. The van der Waals surface area contributed by atoms with Crippen molar-refractivity contribution >= 4 is 5.91 Å². The second kappa shape index (κ2) is 6.89. The SMILES string of the molecule is O=C(COCCc1ccccc1)N1CCC(O)(c2cn[nH]n2)C1. The number of hydrogen-bond acceptors (Lipinski definition) is 5. The molecule has 7 heteroatoms. The lowest BCUT2D eigenvalue weighted by atomic mass is 10.0. The van der Waals surface area contributed by atoms with Crippen molar-refractivity contribution in [3.8, 4) is 0 Å². The molecule has 1 aromatic heterocycles. The minimum absolute atomic E-state index is 0.0295. The van der Waals surface area contributed by atoms with Crippen molar-refractivity contribution in [3.05, 3.63) is 47.8 Å². The van der Waals surface area contributed by atoms with E-state index < -0.39 is 5.60 Å². The average molecular weight is 316 g/mol. The maximum atomic E-state index is 12.2. The van der Waals surface area contributed by atoms with Gasteiger partial charge in [0.25, 0.3) is 0 Å². The quantitative estimate of drug-likeness (QED) is 0.757. The number of aromatic nitrogens is 3. The van der Waals surface area contributed by atoms with Crippen molar-refractivity contribution in [1.82, 2.24) is 20.3 Å². The number of rotatable bonds is 6. The fraction of sp³-hybridized carbons (Fsp3) is 0.438. The molecule has 3 rings (SSSR count). The zero-order valence-corrected chi connectivity index (χ0v) is 12.8. The molecule has 0 bridgehead atoms. The van der Waals surface area contributed by atoms with Crippen molar-refractivity contribution < 1.29 is 14.6 Å². The second-order valence-electron chi connectivity index (χ2n) is 5.74. The monoisotopic (exact) mass is 316 g/mol. The van der Waals surface area contributed by atoms with Gasteiger partial charge in [-0.25, -0.2) is 0 Å². The van der Waals surface area contributed by atoms with E-state index in [0.29, 0.717) is 25.3 Å². The summed E-state index contributed by atoms with van der Waals surface area (Å²) >= 11 is 0. The predicted molar refractivity (Wildman–Crippen MR) is 82.4 cm³/mol. The van der Waals surface area contributed by atoms with Gasteiger partial charge in [-0.1, -0.05) is 30.3 Å². The van der Waals surface area contributed by atoms with Gasteiger partial charge >= 0.3 is 0 Å². The first-order valence-electron chi connectivity index (χ1n) is 7.65. The molecule has 2 aromatic rings. The van der Waals surface area contributed by atoms with E-state index in [1.807, 2.05) is 30.3 Å². The van der Waals surface area contributed by atoms with E-state index in [9.17, 15) is 9.90 Å². The van der Waals surface area contributed by atoms with Gasteiger partial charge in [-0.15, -0.1) is 0 Å². The van der Waals surface area contributed by atoms with Gasteiger partial charge in [-0.3, -0.25) is 4.79 Å². The van der Waals surface area contributed by atoms with Crippen LogP contribution in [0.1, 0.15) is 17.7 Å². The minimum atomic E-state index is -1.12. The van der Waals surface area contributed by atoms with Crippen LogP contribution in [-0.2, 0) is 21.6 Å². The molecule has 0 spiro atoms. The first kappa shape index (κ1) is 15.6. The van der Waals surface area contributed by atoms with E-state index in [1.165, 1.54) is 11.8 Å². The summed E-state index contributed by atoms with van der Waals surface area (Å²) in [6.07, 6.45) is 2.72. The number of nitrogens with zero attached hydrogens (tertiary/aromatic N) is 3. The van der Waals surface area contributed by atoms with Crippen molar-refractivity contribution in [3.63, 3.8) is 0 Å². The lowest BCUT2D eigenvalue weighted by molar-refractivity contribution is -0.136. The van der Waals surface area contributed by atoms with Gasteiger partial charge < -0.3 is 14.7 Å². The number of amides is 1. The molecule has 2 N–H and O–H groups in total. The number of benzene rings is 1. The lowest BCUT2D eigenvalue weighted by Gasteiger charge is -2.21. The summed E-state index contributed by atoms with van der Waals surface area (Å²) in [6, 6.07) is 10.00. The van der Waals surface area contributed by atoms with Gasteiger partial charge in [0.15, 0.2) is 0 Å². The molecule has 0 radical (unpaired) electrons. The van der Waals surface area contributed by atoms with Gasteiger partial charge in [0, 0.05) is 13.0 Å². The largest absolute Gasteiger partial charge is 0.381 e. The fourth-order valence-corrected chi connectivity index (χ4v) is 2.73. The maximum absolute atomic E-state index is 12.2. The third-order valence-electron chi connectivity index (χ3n) is 4.10. The van der Waals surface area contributed by atoms with Crippen molar-refractivity contribution in [2.45, 2.75) is 18.4 Å². The zero-order chi connectivity index (χ0) is 16.1. The highest BCUT2D eigenvalue weighted by Crippen LogP contribution is 2.29. The van der Waals surface area contributed by atoms with Crippen molar-refractivity contribution in [2.24, 2.45) is 0 Å². The van der Waals surface area contributed by atoms with Crippen LogP contribution in [0.25, 0.3) is 0 Å². The zero-order valence-electron chi connectivity index (χ0n) is 12.8. The van der Waals surface area contributed by atoms with Crippen LogP contribution in [0.5, 0.6) is 0 Å². The molecule has 1 amide bonds. The van der Waals surface area contributed by atoms with Crippen LogP contribution >= 0.6 is 0 Å². The smallest absolute Gasteiger partial charge is 0.248 e. The summed E-state index contributed by atoms with van der Waals surface area (Å²) in [4.78, 5) is 13.8. The lowest BCUT2D eigenvalue weighted by Crippen LogP contribution is -2.36. The van der Waals surface area contributed by atoms with Gasteiger partial charge in [0.2, 0.25) is 5.91 Å². The predicted octanol–water partition coefficient (Wildman–Crippen LogP) is 0.484. The highest BCUT2D eigenvalue weighted by Gasteiger charge is 2.41. The number of carbonyl (C=O) groups excluding carboxylic acids is 1. The molecule has 1 saturated heterocycles. The number of H-pyrrole nitrogens is 1. The van der Waals surface area contributed by atoms with Crippen LogP contribution in [0.3, 0.4) is 0 Å². The van der Waals surface area contributed by atoms with Crippen LogP contribution in [0.2, 0.25) is 0 Å². The van der Waals surface area contributed by atoms with E-state index in [1.54, 1.807) is 4.90 Å². The van der Waals surface area contributed by atoms with Crippen molar-refractivity contribution in [1.29, 1.82) is 0 Å². The summed E-state index contributed by atoms with van der Waals surface area (Å²) in [5.41, 5.74) is 0.534. The Bertz CT molecular complexity index is 632. The topological polar surface area (TPSA) is 91.3 Å². The third kappa shape index (κ3) is 3.75. The van der Waals surface area contributed by atoms with E-state index >= 15 is 0 Å². The molecule has 7 nitrogen and oxygen atoms in total. The Balaban J connectivity index is 1.43. The van der Waals surface area contributed by atoms with Gasteiger partial charge in [0.05, 0.1) is 19.3 Å². The Morgan fingerprint density at radius 1 is 1.39 bits per heavy atom. The van der Waals surface area contributed by atoms with Gasteiger partial charge in [-0.05, 0) is 12.0 Å². The highest BCUT2D eigenvalue weighted by atomic mass is 16.5. The maximum Gasteiger partial charge on any atom is 0.248 e. The Morgan fingerprint density at radius 3 is 2.96 bits per heavy atom. The van der Waals surface area contributed by atoms with Crippen LogP contribution in [0, 0.1) is 0 Å². The van der Waals surface area contributed by atoms with Crippen LogP contribution < -0.4 is 0 Å². The van der Waals surface area contributed by atoms with E-state index in [2.05, 4.69) is 15.4 Å². The molecule has 1 fully saturated rings. The Hall–Kier alpha value is -2.25. The number of aliphatic hydroxyl groups is 1. The molecular weight excluding hydrogens is 296 g/mol. The minimum Gasteiger partial charge on any atom is -0.381 e. The molecule has 1 aliphatic rings. The first-order valence-corrected chi connectivity index (χ1v) is 7.65. The molecule has 2 heterocycles. The van der Waals surface area contributed by atoms with Crippen LogP contribution in [0.4, 0.5) is 0 Å². The number of hydrogen-bond donors (Lipinski definition) is 2. The summed E-state index contributed by atoms with van der Waals surface area (Å²) < 4.78 is 5.46. The highest BCUT2D eigenvalue weighted by molar-refractivity contribution is 5.77. The molecule has 0 aliphatic carbocycles. The molecular formula is C16H20N4O3. The standard InChI is InChI=1S/C16H20N4O3/c21-15(11-23-9-6-13-4-2-1-3-5-13)20-8-7-16(22,12-20)14-10-17-19-18-14/h1-5,10,22H,6-9,11-12H2,(H,17,18,19). The van der Waals surface area contributed by atoms with Crippen LogP contribution in [0.15, 0.2) is 36.5 Å². The summed E-state index contributed by atoms with van der Waals surface area (Å²) in [6.45, 7) is 1.24. The first-order chi connectivity index (χ1) is 11.2. The molecule has 1 unspecified atom stereocenters. The van der Waals surface area contributed by atoms with E-state index in [0.717, 1.165) is 6.42 Å². The molecule has 1 aromatic carbocycles. The number of ether oxygens (including phenoxy) is 1. The fourth-order valence-electron chi connectivity index (χ4n) is 2.73. The molecule has 1 atom stereocenters. The Labute approximate surface area is 134 Å². The summed E-state index contributed by atoms with van der Waals surface area (Å²) in [7, 11) is 0. The molecule has 122 valence electrons. The number of nitrogens with one attached hydrogen (secondary N) is 1. The molecule has 0 saturated carbocycles. The van der Waals surface area contributed by atoms with Crippen LogP contribution in [-0.4, -0.2) is 57.6 Å². The average Bonchev–Trinajstić information content (AvgIpc) is 3.23.